The predicted molar refractivity (Wildman–Crippen MR) is 127 cm³/mol. The van der Waals surface area contributed by atoms with Gasteiger partial charge in [-0.05, 0) is 37.5 Å². The minimum absolute atomic E-state index is 0.120. The lowest BCUT2D eigenvalue weighted by Gasteiger charge is -2.31. The number of nitrogens with zero attached hydrogens (tertiary/aromatic N) is 3. The van der Waals surface area contributed by atoms with Crippen LogP contribution in [0.3, 0.4) is 0 Å². The van der Waals surface area contributed by atoms with Crippen molar-refractivity contribution in [2.75, 3.05) is 20.2 Å². The molecule has 0 atom stereocenters. The number of aliphatic imine (C=N–C) groups is 1. The van der Waals surface area contributed by atoms with Crippen LogP contribution in [0.5, 0.6) is 5.75 Å². The molecule has 1 amide bonds. The van der Waals surface area contributed by atoms with E-state index in [0.717, 1.165) is 29.8 Å². The van der Waals surface area contributed by atoms with Gasteiger partial charge in [0.25, 0.3) is 0 Å². The maximum Gasteiger partial charge on any atom is 0.222 e. The van der Waals surface area contributed by atoms with E-state index in [9.17, 15) is 9.59 Å². The average Bonchev–Trinajstić information content (AvgIpc) is 2.76. The van der Waals surface area contributed by atoms with Crippen LogP contribution in [0.1, 0.15) is 71.3 Å². The fourth-order valence-corrected chi connectivity index (χ4v) is 4.18. The number of guanidine groups is 1. The number of amides is 1. The van der Waals surface area contributed by atoms with Crippen molar-refractivity contribution in [3.63, 3.8) is 0 Å². The quantitative estimate of drug-likeness (QED) is 0.615. The van der Waals surface area contributed by atoms with E-state index in [2.05, 4.69) is 4.99 Å². The fourth-order valence-electron chi connectivity index (χ4n) is 4.18. The Morgan fingerprint density at radius 2 is 1.94 bits per heavy atom. The molecule has 2 N–H and O–H groups in total. The Kier molecular flexibility index (Phi) is 7.80. The first-order chi connectivity index (χ1) is 15.1. The molecule has 0 saturated heterocycles. The van der Waals surface area contributed by atoms with Crippen LogP contribution in [0, 0.1) is 5.41 Å². The summed E-state index contributed by atoms with van der Waals surface area (Å²) in [5, 5.41) is 0. The first-order valence-electron chi connectivity index (χ1n) is 11.8. The number of ketones is 1. The summed E-state index contributed by atoms with van der Waals surface area (Å²) < 4.78 is 5.91. The Morgan fingerprint density at radius 3 is 2.62 bits per heavy atom. The second-order valence-electron chi connectivity index (χ2n) is 10.0. The molecule has 0 radical (unpaired) electrons. The molecular formula is C25H38N4O3. The smallest absolute Gasteiger partial charge is 0.222 e. The number of carbonyl (C=O) groups is 2. The lowest BCUT2D eigenvalue weighted by Crippen LogP contribution is -2.44. The van der Waals surface area contributed by atoms with Crippen LogP contribution in [0.15, 0.2) is 23.2 Å². The SMILES string of the molecule is CN(C(=O)CCCOc1ccc2c(c1)CN(CC(=O)C(C)(C)C)C(N)=N2)C1CCCCC1. The number of hydrogen-bond donors (Lipinski definition) is 1. The highest BCUT2D eigenvalue weighted by molar-refractivity contribution is 5.91. The first-order valence-corrected chi connectivity index (χ1v) is 11.8. The van der Waals surface area contributed by atoms with Crippen molar-refractivity contribution in [2.45, 2.75) is 78.3 Å². The number of nitrogens with two attached hydrogens (primary N) is 1. The summed E-state index contributed by atoms with van der Waals surface area (Å²) in [7, 11) is 1.94. The second kappa shape index (κ2) is 10.4. The number of benzene rings is 1. The van der Waals surface area contributed by atoms with Crippen molar-refractivity contribution in [3.8, 4) is 5.75 Å². The summed E-state index contributed by atoms with van der Waals surface area (Å²) in [6.45, 7) is 6.97. The predicted octanol–water partition coefficient (Wildman–Crippen LogP) is 4.01. The first kappa shape index (κ1) is 24.1. The lowest BCUT2D eigenvalue weighted by atomic mass is 9.90. The van der Waals surface area contributed by atoms with E-state index in [-0.39, 0.29) is 18.2 Å². The summed E-state index contributed by atoms with van der Waals surface area (Å²) in [6.07, 6.45) is 7.17. The van der Waals surface area contributed by atoms with Gasteiger partial charge in [0.05, 0.1) is 18.8 Å². The van der Waals surface area contributed by atoms with Crippen molar-refractivity contribution < 1.29 is 14.3 Å². The zero-order valence-electron chi connectivity index (χ0n) is 20.0. The molecule has 1 aliphatic carbocycles. The van der Waals surface area contributed by atoms with Crippen LogP contribution in [-0.2, 0) is 16.1 Å². The van der Waals surface area contributed by atoms with E-state index in [4.69, 9.17) is 10.5 Å². The molecule has 0 spiro atoms. The molecule has 1 aliphatic heterocycles. The topological polar surface area (TPSA) is 88.2 Å². The third-order valence-electron chi connectivity index (χ3n) is 6.46. The Morgan fingerprint density at radius 1 is 1.22 bits per heavy atom. The van der Waals surface area contributed by atoms with Crippen molar-refractivity contribution in [1.82, 2.24) is 9.80 Å². The van der Waals surface area contributed by atoms with Gasteiger partial charge in [-0.3, -0.25) is 9.59 Å². The van der Waals surface area contributed by atoms with Crippen LogP contribution in [-0.4, -0.2) is 53.7 Å². The maximum atomic E-state index is 12.5. The molecule has 0 unspecified atom stereocenters. The highest BCUT2D eigenvalue weighted by atomic mass is 16.5. The van der Waals surface area contributed by atoms with Crippen LogP contribution < -0.4 is 10.5 Å². The van der Waals surface area contributed by atoms with Gasteiger partial charge in [0.1, 0.15) is 5.75 Å². The zero-order chi connectivity index (χ0) is 23.3. The minimum Gasteiger partial charge on any atom is -0.494 e. The largest absolute Gasteiger partial charge is 0.494 e. The number of hydrogen-bond acceptors (Lipinski definition) is 6. The van der Waals surface area contributed by atoms with Crippen molar-refractivity contribution in [1.29, 1.82) is 0 Å². The molecule has 1 heterocycles. The van der Waals surface area contributed by atoms with Crippen molar-refractivity contribution in [3.05, 3.63) is 23.8 Å². The van der Waals surface area contributed by atoms with Gasteiger partial charge in [-0.2, -0.15) is 0 Å². The van der Waals surface area contributed by atoms with E-state index in [0.29, 0.717) is 38.0 Å². The molecule has 2 aliphatic rings. The van der Waals surface area contributed by atoms with Gasteiger partial charge in [0.2, 0.25) is 5.91 Å². The summed E-state index contributed by atoms with van der Waals surface area (Å²) in [5.74, 6) is 1.43. The number of Topliss-reactive ketones (excluding diaryl/α,β-unsaturated/α-hetero) is 1. The highest BCUT2D eigenvalue weighted by Crippen LogP contribution is 2.30. The van der Waals surface area contributed by atoms with E-state index in [1.807, 2.05) is 50.9 Å². The Bertz CT molecular complexity index is 853. The Labute approximate surface area is 192 Å². The molecule has 1 fully saturated rings. The number of ether oxygens (including phenoxy) is 1. The minimum atomic E-state index is -0.423. The zero-order valence-corrected chi connectivity index (χ0v) is 20.0. The Balaban J connectivity index is 1.49. The molecule has 7 heteroatoms. The molecule has 0 bridgehead atoms. The molecule has 176 valence electrons. The second-order valence-corrected chi connectivity index (χ2v) is 10.0. The van der Waals surface area contributed by atoms with Gasteiger partial charge in [0.15, 0.2) is 11.7 Å². The third kappa shape index (κ3) is 6.24. The van der Waals surface area contributed by atoms with Crippen LogP contribution in [0.4, 0.5) is 5.69 Å². The summed E-state index contributed by atoms with van der Waals surface area (Å²) in [4.78, 5) is 33.1. The Hall–Kier alpha value is -2.57. The third-order valence-corrected chi connectivity index (χ3v) is 6.46. The molecule has 1 aromatic rings. The monoisotopic (exact) mass is 442 g/mol. The summed E-state index contributed by atoms with van der Waals surface area (Å²) >= 11 is 0. The number of carbonyl (C=O) groups excluding carboxylic acids is 2. The molecule has 1 aromatic carbocycles. The average molecular weight is 443 g/mol. The van der Waals surface area contributed by atoms with Gasteiger partial charge < -0.3 is 20.3 Å². The molecule has 1 saturated carbocycles. The van der Waals surface area contributed by atoms with Gasteiger partial charge in [0, 0.05) is 37.0 Å². The van der Waals surface area contributed by atoms with E-state index in [1.54, 1.807) is 4.90 Å². The van der Waals surface area contributed by atoms with Crippen LogP contribution in [0.2, 0.25) is 0 Å². The molecule has 3 rings (SSSR count). The normalized spacial score (nSPS) is 16.9. The van der Waals surface area contributed by atoms with E-state index >= 15 is 0 Å². The van der Waals surface area contributed by atoms with Gasteiger partial charge >= 0.3 is 0 Å². The van der Waals surface area contributed by atoms with Crippen LogP contribution >= 0.6 is 0 Å². The number of rotatable bonds is 8. The van der Waals surface area contributed by atoms with Crippen molar-refractivity contribution in [2.24, 2.45) is 16.1 Å². The van der Waals surface area contributed by atoms with Gasteiger partial charge in [-0.15, -0.1) is 0 Å². The van der Waals surface area contributed by atoms with Gasteiger partial charge in [-0.1, -0.05) is 40.0 Å². The maximum absolute atomic E-state index is 12.5. The summed E-state index contributed by atoms with van der Waals surface area (Å²) in [6, 6.07) is 6.12. The van der Waals surface area contributed by atoms with Crippen LogP contribution in [0.25, 0.3) is 0 Å². The molecule has 32 heavy (non-hydrogen) atoms. The standard InChI is InChI=1S/C25H38N4O3/c1-25(2,3)22(30)17-29-16-18-15-20(12-13-21(18)27-24(29)26)32-14-8-11-23(31)28(4)19-9-6-5-7-10-19/h12-13,15,19H,5-11,14,16-17H2,1-4H3,(H2,26,27). The van der Waals surface area contributed by atoms with Gasteiger partial charge in [-0.25, -0.2) is 4.99 Å². The van der Waals surface area contributed by atoms with Crippen molar-refractivity contribution >= 4 is 23.3 Å². The fraction of sp³-hybridized carbons (Fsp3) is 0.640. The summed E-state index contributed by atoms with van der Waals surface area (Å²) in [5.41, 5.74) is 7.44. The van der Waals surface area contributed by atoms with E-state index in [1.165, 1.54) is 19.3 Å². The lowest BCUT2D eigenvalue weighted by molar-refractivity contribution is -0.132. The molecule has 0 aromatic heterocycles. The highest BCUT2D eigenvalue weighted by Gasteiger charge is 2.27. The molecule has 7 nitrogen and oxygen atoms in total. The molecular weight excluding hydrogens is 404 g/mol. The number of fused-ring (bicyclic) bond motifs is 1. The van der Waals surface area contributed by atoms with E-state index < -0.39 is 5.41 Å².